The Hall–Kier alpha value is -1.05. The van der Waals surface area contributed by atoms with E-state index in [1.165, 1.54) is 37.1 Å². The molecule has 0 aliphatic rings. The van der Waals surface area contributed by atoms with Crippen LogP contribution >= 0.6 is 0 Å². The monoisotopic (exact) mass is 372 g/mol. The summed E-state index contributed by atoms with van der Waals surface area (Å²) in [7, 11) is -4.31. The fraction of sp³-hybridized carbons (Fsp3) is 0.333. The molecule has 130 valence electrons. The van der Waals surface area contributed by atoms with Crippen LogP contribution < -0.4 is 39.4 Å². The van der Waals surface area contributed by atoms with Crippen molar-refractivity contribution in [2.45, 2.75) is 43.9 Å². The van der Waals surface area contributed by atoms with Gasteiger partial charge in [-0.2, -0.15) is 8.42 Å². The maximum Gasteiger partial charge on any atom is 1.00 e. The molecule has 0 amide bonds. The Morgan fingerprint density at radius 2 is 1.84 bits per heavy atom. The number of hydrogen-bond donors (Lipinski definition) is 1. The summed E-state index contributed by atoms with van der Waals surface area (Å²) in [6.07, 6.45) is 5.40. The van der Waals surface area contributed by atoms with Crippen LogP contribution in [-0.4, -0.2) is 13.0 Å². The van der Waals surface area contributed by atoms with Crippen molar-refractivity contribution in [1.29, 1.82) is 0 Å². The van der Waals surface area contributed by atoms with E-state index in [0.29, 0.717) is 0 Å². The molecule has 0 aliphatic carbocycles. The zero-order valence-corrected chi connectivity index (χ0v) is 17.4. The summed E-state index contributed by atoms with van der Waals surface area (Å²) in [6, 6.07) is 10.4. The van der Waals surface area contributed by atoms with E-state index in [-0.39, 0.29) is 51.7 Å². The number of hydrogen-bond acceptors (Lipinski definition) is 4. The first-order valence-corrected chi connectivity index (χ1v) is 9.39. The smallest absolute Gasteiger partial charge is 0.870 e. The fourth-order valence-corrected chi connectivity index (χ4v) is 2.89. The third kappa shape index (κ3) is 6.99. The summed E-state index contributed by atoms with van der Waals surface area (Å²) in [5, 5.41) is 12.1. The normalized spacial score (nSPS) is 11.0. The van der Waals surface area contributed by atoms with Gasteiger partial charge in [-0.3, -0.25) is 4.55 Å². The summed E-state index contributed by atoms with van der Waals surface area (Å²) in [6.45, 7) is 2.15. The van der Waals surface area contributed by atoms with Gasteiger partial charge in [-0.15, -0.1) is 0 Å². The van der Waals surface area contributed by atoms with Gasteiger partial charge in [-0.1, -0.05) is 50.1 Å². The van der Waals surface area contributed by atoms with Crippen LogP contribution in [-0.2, 0) is 16.5 Å². The van der Waals surface area contributed by atoms with E-state index in [9.17, 15) is 13.5 Å². The number of ether oxygens (including phenoxy) is 1. The average Bonchev–Trinajstić information content (AvgIpc) is 2.53. The molecule has 0 fully saturated rings. The molecule has 0 aromatic heterocycles. The maximum atomic E-state index is 12.1. The van der Waals surface area contributed by atoms with Gasteiger partial charge < -0.3 is 9.84 Å². The van der Waals surface area contributed by atoms with E-state index in [4.69, 9.17) is 9.29 Å². The van der Waals surface area contributed by atoms with Crippen molar-refractivity contribution in [3.63, 3.8) is 0 Å². The molecule has 0 radical (unpaired) electrons. The van der Waals surface area contributed by atoms with Gasteiger partial charge in [0.1, 0.15) is 11.5 Å². The number of unbranched alkanes of at least 4 members (excludes halogenated alkanes) is 3. The Bertz CT molecular complexity index is 790. The summed E-state index contributed by atoms with van der Waals surface area (Å²) in [5.41, 5.74) is 0.968. The van der Waals surface area contributed by atoms with Crippen LogP contribution in [0.15, 0.2) is 47.4 Å². The van der Waals surface area contributed by atoms with E-state index < -0.39 is 10.1 Å². The summed E-state index contributed by atoms with van der Waals surface area (Å²) in [5.74, 6) is 0.0537. The first-order valence-electron chi connectivity index (χ1n) is 7.95. The third-order valence-corrected chi connectivity index (χ3v) is 4.51. The van der Waals surface area contributed by atoms with Crippen LogP contribution in [0.1, 0.15) is 38.2 Å². The van der Waals surface area contributed by atoms with Crippen molar-refractivity contribution in [2.24, 2.45) is 0 Å². The van der Waals surface area contributed by atoms with Gasteiger partial charge in [-0.25, -0.2) is 0 Å². The molecular weight excluding hydrogens is 351 g/mol. The van der Waals surface area contributed by atoms with Crippen LogP contribution in [0, 0.1) is 0 Å². The third-order valence-electron chi connectivity index (χ3n) is 3.66. The molecule has 0 spiro atoms. The molecule has 1 N–H and O–H groups in total. The molecule has 5 nitrogen and oxygen atoms in total. The summed E-state index contributed by atoms with van der Waals surface area (Å²) >= 11 is 0. The predicted octanol–water partition coefficient (Wildman–Crippen LogP) is 0.926. The van der Waals surface area contributed by atoms with E-state index in [2.05, 4.69) is 6.92 Å². The molecular formula is C18H21NaO5S. The van der Waals surface area contributed by atoms with Gasteiger partial charge in [0.15, 0.2) is 0 Å². The van der Waals surface area contributed by atoms with Crippen LogP contribution in [0.4, 0.5) is 0 Å². The first kappa shape index (κ1) is 22.0. The van der Waals surface area contributed by atoms with E-state index in [1.807, 2.05) is 6.07 Å². The Labute approximate surface area is 171 Å². The van der Waals surface area contributed by atoms with Crippen LogP contribution in [0.5, 0.6) is 17.2 Å². The molecule has 2 aromatic carbocycles. The molecule has 7 heteroatoms. The van der Waals surface area contributed by atoms with Gasteiger partial charge in [-0.05, 0) is 36.6 Å². The average molecular weight is 372 g/mol. The minimum absolute atomic E-state index is 0. The van der Waals surface area contributed by atoms with Crippen LogP contribution in [0.3, 0.4) is 0 Å². The largest absolute Gasteiger partial charge is 1.00 e. The topological polar surface area (TPSA) is 86.7 Å². The van der Waals surface area contributed by atoms with E-state index in [0.717, 1.165) is 24.8 Å². The zero-order valence-electron chi connectivity index (χ0n) is 14.6. The molecule has 25 heavy (non-hydrogen) atoms. The van der Waals surface area contributed by atoms with Gasteiger partial charge in [0.2, 0.25) is 0 Å². The van der Waals surface area contributed by atoms with Gasteiger partial charge in [0, 0.05) is 6.07 Å². The van der Waals surface area contributed by atoms with Crippen molar-refractivity contribution < 1.29 is 52.4 Å². The van der Waals surface area contributed by atoms with Crippen molar-refractivity contribution in [3.05, 3.63) is 48.0 Å². The fourth-order valence-electron chi connectivity index (χ4n) is 2.37. The van der Waals surface area contributed by atoms with Gasteiger partial charge >= 0.3 is 29.6 Å². The number of aryl methyl sites for hydroxylation is 1. The molecule has 0 atom stereocenters. The van der Waals surface area contributed by atoms with Gasteiger partial charge in [0.25, 0.3) is 10.1 Å². The minimum atomic E-state index is -4.31. The predicted molar refractivity (Wildman–Crippen MR) is 90.1 cm³/mol. The van der Waals surface area contributed by atoms with E-state index in [1.54, 1.807) is 12.1 Å². The summed E-state index contributed by atoms with van der Waals surface area (Å²) < 4.78 is 36.8. The molecule has 0 bridgehead atoms. The standard InChI is InChI=1S/C18H22O5S.Na/c1-2-3-4-5-7-14-10-11-18(17(19)12-14)23-15-8-6-9-16(13-15)24(20,21)22;/h6,8-13,19H,2-5,7H2,1H3,(H,20,21,22);/q;+1/p-1. The Balaban J connectivity index is 0.00000312. The molecule has 0 heterocycles. The van der Waals surface area contributed by atoms with E-state index >= 15 is 0 Å². The van der Waals surface area contributed by atoms with Crippen molar-refractivity contribution >= 4 is 10.1 Å². The maximum absolute atomic E-state index is 12.1. The van der Waals surface area contributed by atoms with Crippen molar-refractivity contribution in [3.8, 4) is 17.2 Å². The van der Waals surface area contributed by atoms with Crippen molar-refractivity contribution in [2.75, 3.05) is 0 Å². The SMILES string of the molecule is CCCCCCc1ccc(Oc2cccc(S(=O)(=O)O)c2)c([O-])c1.[Na+]. The van der Waals surface area contributed by atoms with Crippen LogP contribution in [0.2, 0.25) is 0 Å². The molecule has 2 aromatic rings. The molecule has 0 saturated carbocycles. The number of rotatable bonds is 8. The van der Waals surface area contributed by atoms with Crippen molar-refractivity contribution in [1.82, 2.24) is 0 Å². The van der Waals surface area contributed by atoms with Crippen LogP contribution in [0.25, 0.3) is 0 Å². The van der Waals surface area contributed by atoms with Gasteiger partial charge in [0.05, 0.1) is 4.90 Å². The Kier molecular flexibility index (Phi) is 8.96. The summed E-state index contributed by atoms with van der Waals surface area (Å²) in [4.78, 5) is -0.278. The number of benzene rings is 2. The second kappa shape index (κ2) is 10.2. The minimum Gasteiger partial charge on any atom is -0.870 e. The Morgan fingerprint density at radius 1 is 1.08 bits per heavy atom. The zero-order chi connectivity index (χ0) is 17.6. The molecule has 0 aliphatic heterocycles. The Morgan fingerprint density at radius 3 is 2.48 bits per heavy atom. The molecule has 0 unspecified atom stereocenters. The quantitative estimate of drug-likeness (QED) is 0.423. The second-order valence-corrected chi connectivity index (χ2v) is 7.07. The first-order chi connectivity index (χ1) is 11.4. The molecule has 2 rings (SSSR count). The molecule has 0 saturated heterocycles. The second-order valence-electron chi connectivity index (χ2n) is 5.64.